The lowest BCUT2D eigenvalue weighted by Crippen LogP contribution is -2.31. The van der Waals surface area contributed by atoms with E-state index < -0.39 is 0 Å². The number of aromatic hydroxyl groups is 1. The van der Waals surface area contributed by atoms with Gasteiger partial charge in [-0.15, -0.1) is 0 Å². The Morgan fingerprint density at radius 2 is 1.53 bits per heavy atom. The number of phenolic OH excluding ortho intramolecular Hbond substituents is 1. The molecule has 2 fully saturated rings. The highest BCUT2D eigenvalue weighted by Gasteiger charge is 2.47. The number of hydrogen-bond donors (Lipinski definition) is 1. The quantitative estimate of drug-likeness (QED) is 0.193. The van der Waals surface area contributed by atoms with Gasteiger partial charge in [-0.1, -0.05) is 91.9 Å². The van der Waals surface area contributed by atoms with Crippen LogP contribution in [0.5, 0.6) is 5.75 Å². The number of anilines is 1. The second-order valence-electron chi connectivity index (χ2n) is 16.2. The Labute approximate surface area is 301 Å². The van der Waals surface area contributed by atoms with E-state index in [9.17, 15) is 5.11 Å². The fraction of sp³-hybridized carbons (Fsp3) is 0.400. The van der Waals surface area contributed by atoms with Crippen LogP contribution in [0.4, 0.5) is 11.4 Å². The van der Waals surface area contributed by atoms with Crippen LogP contribution in [-0.2, 0) is 10.8 Å². The van der Waals surface area contributed by atoms with E-state index in [1.54, 1.807) is 0 Å². The minimum atomic E-state index is -0.264. The maximum atomic E-state index is 10.7. The minimum Gasteiger partial charge on any atom is -0.508 e. The van der Waals surface area contributed by atoms with E-state index in [4.69, 9.17) is 0 Å². The highest BCUT2D eigenvalue weighted by atomic mass is 79.9. The molecule has 2 heterocycles. The van der Waals surface area contributed by atoms with Gasteiger partial charge in [0.2, 0.25) is 5.69 Å². The van der Waals surface area contributed by atoms with Crippen molar-refractivity contribution in [3.8, 4) is 5.75 Å². The van der Waals surface area contributed by atoms with Gasteiger partial charge in [-0.05, 0) is 115 Å². The van der Waals surface area contributed by atoms with Gasteiger partial charge in [0.05, 0.1) is 5.41 Å². The first-order valence-electron chi connectivity index (χ1n) is 18.6. The van der Waals surface area contributed by atoms with Gasteiger partial charge in [-0.3, -0.25) is 0 Å². The number of halogens is 1. The molecule has 4 heteroatoms. The van der Waals surface area contributed by atoms with Gasteiger partial charge >= 0.3 is 0 Å². The number of allylic oxidation sites excluding steroid dienone is 4. The van der Waals surface area contributed by atoms with Gasteiger partial charge in [0.25, 0.3) is 0 Å². The summed E-state index contributed by atoms with van der Waals surface area (Å²) in [6.07, 6.45) is 15.6. The Hall–Kier alpha value is -3.63. The number of rotatable bonds is 7. The average molecular weight is 715 g/mol. The summed E-state index contributed by atoms with van der Waals surface area (Å²) in [5, 5.41) is 13.3. The van der Waals surface area contributed by atoms with Crippen LogP contribution in [0.3, 0.4) is 0 Å². The number of nitrogens with zero attached hydrogens (tertiary/aromatic N) is 2. The molecule has 8 rings (SSSR count). The van der Waals surface area contributed by atoms with E-state index in [1.165, 1.54) is 107 Å². The van der Waals surface area contributed by atoms with Gasteiger partial charge in [-0.25, -0.2) is 0 Å². The summed E-state index contributed by atoms with van der Waals surface area (Å²) in [6, 6.07) is 28.5. The molecule has 0 bridgehead atoms. The molecule has 4 aliphatic rings. The number of benzene rings is 4. The fourth-order valence-electron chi connectivity index (χ4n) is 9.56. The van der Waals surface area contributed by atoms with Gasteiger partial charge in [0.1, 0.15) is 5.75 Å². The van der Waals surface area contributed by atoms with Crippen molar-refractivity contribution in [2.45, 2.75) is 89.9 Å². The topological polar surface area (TPSA) is 26.5 Å². The second kappa shape index (κ2) is 12.6. The lowest BCUT2D eigenvalue weighted by molar-refractivity contribution is -0.446. The first-order valence-corrected chi connectivity index (χ1v) is 19.4. The molecule has 252 valence electrons. The predicted octanol–water partition coefficient (Wildman–Crippen LogP) is 11.8. The van der Waals surface area contributed by atoms with Crippen LogP contribution < -0.4 is 4.90 Å². The zero-order valence-corrected chi connectivity index (χ0v) is 31.2. The van der Waals surface area contributed by atoms with Crippen molar-refractivity contribution in [1.29, 1.82) is 0 Å². The number of hydrogen-bond acceptors (Lipinski definition) is 2. The fourth-order valence-corrected chi connectivity index (χ4v) is 9.82. The molecule has 49 heavy (non-hydrogen) atoms. The van der Waals surface area contributed by atoms with Crippen LogP contribution in [-0.4, -0.2) is 28.5 Å². The molecule has 2 aliphatic carbocycles. The molecule has 0 atom stereocenters. The summed E-state index contributed by atoms with van der Waals surface area (Å²) in [5.41, 5.74) is 9.98. The van der Waals surface area contributed by atoms with Crippen LogP contribution in [0.25, 0.3) is 16.3 Å². The molecule has 0 radical (unpaired) electrons. The zero-order chi connectivity index (χ0) is 33.9. The molecule has 0 unspecified atom stereocenters. The third-order valence-corrected chi connectivity index (χ3v) is 12.8. The van der Waals surface area contributed by atoms with Crippen LogP contribution in [0.15, 0.2) is 101 Å². The second-order valence-corrected chi connectivity index (χ2v) is 17.1. The van der Waals surface area contributed by atoms with Crippen molar-refractivity contribution in [2.75, 3.05) is 18.0 Å². The molecule has 0 amide bonds. The van der Waals surface area contributed by atoms with Crippen molar-refractivity contribution in [3.05, 3.63) is 118 Å². The van der Waals surface area contributed by atoms with Crippen molar-refractivity contribution < 1.29 is 9.68 Å². The van der Waals surface area contributed by atoms with E-state index in [-0.39, 0.29) is 10.8 Å². The lowest BCUT2D eigenvalue weighted by Gasteiger charge is -2.30. The Bertz CT molecular complexity index is 2000. The number of phenols is 1. The van der Waals surface area contributed by atoms with Crippen LogP contribution in [0.1, 0.15) is 95.8 Å². The maximum Gasteiger partial charge on any atom is 0.210 e. The van der Waals surface area contributed by atoms with Crippen LogP contribution in [0, 0.1) is 11.8 Å². The molecule has 4 aromatic rings. The average Bonchev–Trinajstić information content (AvgIpc) is 3.87. The van der Waals surface area contributed by atoms with Crippen molar-refractivity contribution >= 4 is 49.4 Å². The molecule has 4 aromatic carbocycles. The van der Waals surface area contributed by atoms with Crippen molar-refractivity contribution in [3.63, 3.8) is 0 Å². The third kappa shape index (κ3) is 5.78. The van der Waals surface area contributed by atoms with E-state index in [0.29, 0.717) is 17.6 Å². The van der Waals surface area contributed by atoms with Gasteiger partial charge in [-0.2, -0.15) is 4.58 Å². The highest BCUT2D eigenvalue weighted by Crippen LogP contribution is 2.51. The third-order valence-electron chi connectivity index (χ3n) is 12.2. The normalized spacial score (nSPS) is 21.4. The SMILES string of the molecule is CC1(C)C(=CC(=CC2=[N+](CC3CCCC3)c3ccc4ccccc4c3C2(C)C)c2ccc(Br)cc2)N(CC2CCCC2)c2ccc(O)cc21. The Balaban J connectivity index is 1.34. The largest absolute Gasteiger partial charge is 0.508 e. The Morgan fingerprint density at radius 3 is 2.27 bits per heavy atom. The van der Waals surface area contributed by atoms with Crippen molar-refractivity contribution in [1.82, 2.24) is 0 Å². The first kappa shape index (κ1) is 32.6. The molecular formula is C45H50BrN2O+. The van der Waals surface area contributed by atoms with Crippen molar-refractivity contribution in [2.24, 2.45) is 11.8 Å². The molecule has 1 N–H and O–H groups in total. The first-order chi connectivity index (χ1) is 23.6. The Kier molecular flexibility index (Phi) is 8.38. The summed E-state index contributed by atoms with van der Waals surface area (Å²) in [4.78, 5) is 2.60. The monoisotopic (exact) mass is 713 g/mol. The van der Waals surface area contributed by atoms with Gasteiger partial charge < -0.3 is 10.0 Å². The standard InChI is InChI=1S/C45H49BrN2O/c1-44(2)38-27-36(49)22-24-39(38)47(28-30-11-5-6-12-30)41(44)25-34(32-17-20-35(46)21-18-32)26-42-45(3,4)43-37-16-10-9-15-33(37)19-23-40(43)48(42)29-31-13-7-8-14-31/h9-10,15-27,30-31H,5-8,11-14,28-29H2,1-4H3/p+1. The molecule has 0 aromatic heterocycles. The summed E-state index contributed by atoms with van der Waals surface area (Å²) < 4.78 is 3.78. The summed E-state index contributed by atoms with van der Waals surface area (Å²) in [6.45, 7) is 11.6. The summed E-state index contributed by atoms with van der Waals surface area (Å²) in [5.74, 6) is 1.74. The van der Waals surface area contributed by atoms with E-state index in [1.807, 2.05) is 12.1 Å². The van der Waals surface area contributed by atoms with E-state index in [0.717, 1.165) is 17.6 Å². The molecule has 0 saturated heterocycles. The van der Waals surface area contributed by atoms with Crippen LogP contribution in [0.2, 0.25) is 0 Å². The molecule has 2 saturated carbocycles. The van der Waals surface area contributed by atoms with E-state index in [2.05, 4.69) is 132 Å². The number of fused-ring (bicyclic) bond motifs is 4. The van der Waals surface area contributed by atoms with Crippen LogP contribution >= 0.6 is 15.9 Å². The zero-order valence-electron chi connectivity index (χ0n) is 29.6. The summed E-state index contributed by atoms with van der Waals surface area (Å²) in [7, 11) is 0. The molecule has 2 aliphatic heterocycles. The highest BCUT2D eigenvalue weighted by molar-refractivity contribution is 9.10. The van der Waals surface area contributed by atoms with Gasteiger partial charge in [0, 0.05) is 51.4 Å². The smallest absolute Gasteiger partial charge is 0.210 e. The molecule has 0 spiro atoms. The van der Waals surface area contributed by atoms with E-state index >= 15 is 0 Å². The Morgan fingerprint density at radius 1 is 0.837 bits per heavy atom. The lowest BCUT2D eigenvalue weighted by atomic mass is 9.78. The maximum absolute atomic E-state index is 10.7. The summed E-state index contributed by atoms with van der Waals surface area (Å²) >= 11 is 3.71. The molecule has 3 nitrogen and oxygen atoms in total. The molecular weight excluding hydrogens is 664 g/mol. The predicted molar refractivity (Wildman–Crippen MR) is 209 cm³/mol. The minimum absolute atomic E-state index is 0.183. The van der Waals surface area contributed by atoms with Gasteiger partial charge in [0.15, 0.2) is 12.3 Å².